The van der Waals surface area contributed by atoms with E-state index in [9.17, 15) is 9.90 Å². The Balaban J connectivity index is 1.27. The topological polar surface area (TPSA) is 91.0 Å². The maximum absolute atomic E-state index is 12.4. The van der Waals surface area contributed by atoms with E-state index >= 15 is 0 Å². The summed E-state index contributed by atoms with van der Waals surface area (Å²) in [6.45, 7) is 8.44. The van der Waals surface area contributed by atoms with E-state index in [0.29, 0.717) is 24.2 Å². The Kier molecular flexibility index (Phi) is 6.50. The van der Waals surface area contributed by atoms with E-state index in [1.165, 1.54) is 0 Å². The lowest BCUT2D eigenvalue weighted by Crippen LogP contribution is -2.62. The molecule has 12 atom stereocenters. The highest BCUT2D eigenvalue weighted by atomic mass is 16.7. The molecular formula is C28H47NO5. The van der Waals surface area contributed by atoms with Gasteiger partial charge in [-0.05, 0) is 94.8 Å². The van der Waals surface area contributed by atoms with Crippen molar-refractivity contribution in [3.63, 3.8) is 0 Å². The molecule has 0 aromatic carbocycles. The Morgan fingerprint density at radius 3 is 2.50 bits per heavy atom. The number of aliphatic hydroxyl groups is 1. The maximum atomic E-state index is 12.4. The zero-order chi connectivity index (χ0) is 24.5. The first-order valence-electron chi connectivity index (χ1n) is 13.9. The van der Waals surface area contributed by atoms with Crippen LogP contribution in [0.25, 0.3) is 0 Å². The lowest BCUT2D eigenvalue weighted by atomic mass is 9.43. The molecule has 5 rings (SSSR count). The van der Waals surface area contributed by atoms with Gasteiger partial charge in [0.1, 0.15) is 5.78 Å². The van der Waals surface area contributed by atoms with Crippen molar-refractivity contribution in [1.29, 1.82) is 0 Å². The van der Waals surface area contributed by atoms with Crippen LogP contribution in [0, 0.1) is 34.5 Å². The number of Topliss-reactive ketones (excluding diaryl/α,β-unsaturated/α-hetero) is 1. The van der Waals surface area contributed by atoms with Gasteiger partial charge in [-0.1, -0.05) is 13.8 Å². The summed E-state index contributed by atoms with van der Waals surface area (Å²) in [6, 6.07) is -0.115. The predicted octanol–water partition coefficient (Wildman–Crippen LogP) is 4.21. The molecule has 1 aliphatic heterocycles. The molecule has 1 heterocycles. The first-order valence-corrected chi connectivity index (χ1v) is 13.9. The largest absolute Gasteiger partial charge is 0.389 e. The van der Waals surface area contributed by atoms with Crippen molar-refractivity contribution in [2.75, 3.05) is 7.11 Å². The highest BCUT2D eigenvalue weighted by molar-refractivity contribution is 5.80. The number of rotatable bonds is 4. The summed E-state index contributed by atoms with van der Waals surface area (Å²) in [5.74, 6) is 1.77. The molecule has 0 radical (unpaired) electrons. The Labute approximate surface area is 205 Å². The van der Waals surface area contributed by atoms with Crippen LogP contribution in [0.3, 0.4) is 0 Å². The number of ether oxygens (including phenoxy) is 3. The van der Waals surface area contributed by atoms with Crippen LogP contribution in [-0.4, -0.2) is 54.2 Å². The molecule has 4 saturated carbocycles. The Bertz CT molecular complexity index is 791. The molecule has 4 aliphatic carbocycles. The fraction of sp³-hybridized carbons (Fsp3) is 0.964. The van der Waals surface area contributed by atoms with Crippen LogP contribution in [0.15, 0.2) is 0 Å². The van der Waals surface area contributed by atoms with E-state index < -0.39 is 5.60 Å². The summed E-state index contributed by atoms with van der Waals surface area (Å²) in [5.41, 5.74) is 5.54. The van der Waals surface area contributed by atoms with Gasteiger partial charge in [0, 0.05) is 24.9 Å². The predicted molar refractivity (Wildman–Crippen MR) is 130 cm³/mol. The van der Waals surface area contributed by atoms with E-state index in [4.69, 9.17) is 19.9 Å². The summed E-state index contributed by atoms with van der Waals surface area (Å²) in [5, 5.41) is 12.1. The minimum Gasteiger partial charge on any atom is -0.389 e. The molecule has 3 N–H and O–H groups in total. The molecule has 6 heteroatoms. The third kappa shape index (κ3) is 3.65. The number of carbonyl (C=O) groups is 1. The zero-order valence-corrected chi connectivity index (χ0v) is 21.9. The Morgan fingerprint density at radius 2 is 1.79 bits per heavy atom. The van der Waals surface area contributed by atoms with Gasteiger partial charge in [-0.25, -0.2) is 0 Å². The van der Waals surface area contributed by atoms with Gasteiger partial charge in [0.05, 0.1) is 30.0 Å². The smallest absolute Gasteiger partial charge is 0.160 e. The fourth-order valence-electron chi connectivity index (χ4n) is 9.55. The quantitative estimate of drug-likeness (QED) is 0.590. The van der Waals surface area contributed by atoms with Gasteiger partial charge in [-0.2, -0.15) is 0 Å². The van der Waals surface area contributed by atoms with Crippen LogP contribution in [0.1, 0.15) is 91.9 Å². The van der Waals surface area contributed by atoms with Crippen molar-refractivity contribution in [2.24, 2.45) is 40.2 Å². The lowest BCUT2D eigenvalue weighted by Gasteiger charge is -2.63. The van der Waals surface area contributed by atoms with E-state index in [2.05, 4.69) is 13.8 Å². The molecule has 194 valence electrons. The molecule has 5 aliphatic rings. The van der Waals surface area contributed by atoms with Crippen molar-refractivity contribution in [2.45, 2.75) is 128 Å². The van der Waals surface area contributed by atoms with Gasteiger partial charge in [-0.3, -0.25) is 4.79 Å². The average Bonchev–Trinajstić information content (AvgIpc) is 3.07. The second-order valence-corrected chi connectivity index (χ2v) is 13.0. The van der Waals surface area contributed by atoms with Gasteiger partial charge in [0.25, 0.3) is 0 Å². The zero-order valence-electron chi connectivity index (χ0n) is 21.9. The molecule has 1 saturated heterocycles. The van der Waals surface area contributed by atoms with Crippen molar-refractivity contribution in [3.05, 3.63) is 0 Å². The van der Waals surface area contributed by atoms with Crippen molar-refractivity contribution < 1.29 is 24.1 Å². The van der Waals surface area contributed by atoms with Gasteiger partial charge in [0.15, 0.2) is 6.29 Å². The molecule has 0 unspecified atom stereocenters. The molecule has 0 spiro atoms. The van der Waals surface area contributed by atoms with E-state index in [0.717, 1.165) is 57.8 Å². The molecule has 34 heavy (non-hydrogen) atoms. The normalized spacial score (nSPS) is 55.2. The Morgan fingerprint density at radius 1 is 1.03 bits per heavy atom. The molecule has 0 aromatic heterocycles. The maximum Gasteiger partial charge on any atom is 0.160 e. The van der Waals surface area contributed by atoms with Gasteiger partial charge >= 0.3 is 0 Å². The third-order valence-corrected chi connectivity index (χ3v) is 11.7. The average molecular weight is 478 g/mol. The molecule has 5 fully saturated rings. The third-order valence-electron chi connectivity index (χ3n) is 11.7. The van der Waals surface area contributed by atoms with Crippen LogP contribution in [0.5, 0.6) is 0 Å². The SMILES string of the molecule is CO[C@H]1C[C@H](O[C@H]2CC[C@@]3(C)[C@@H](CC[C@@H]4[C@@H]3CC[C@]3(C)[C@@H](C(C)=O)CC[C@]43O)C2)O[C@H](C)[C@H]1N. The number of hydrogen-bond acceptors (Lipinski definition) is 6. The van der Waals surface area contributed by atoms with E-state index in [1.54, 1.807) is 14.0 Å². The summed E-state index contributed by atoms with van der Waals surface area (Å²) >= 11 is 0. The minimum absolute atomic E-state index is 0.0232. The van der Waals surface area contributed by atoms with Crippen LogP contribution in [0.2, 0.25) is 0 Å². The number of ketones is 1. The highest BCUT2D eigenvalue weighted by Crippen LogP contribution is 2.69. The summed E-state index contributed by atoms with van der Waals surface area (Å²) in [4.78, 5) is 12.4. The van der Waals surface area contributed by atoms with Crippen LogP contribution < -0.4 is 5.73 Å². The molecule has 6 nitrogen and oxygen atoms in total. The van der Waals surface area contributed by atoms with E-state index in [1.807, 2.05) is 6.92 Å². The lowest BCUT2D eigenvalue weighted by molar-refractivity contribution is -0.255. The standard InChI is InChI=1S/C28H47NO5/c1-16(30)20-10-13-28(31)22-7-6-18-14-19(34-24-15-23(32-5)25(29)17(2)33-24)8-11-26(18,3)21(22)9-12-27(20,28)4/h17-25,31H,6-15,29H2,1-5H3/t17-,18+,19+,20-,21+,22-,23+,24+,25-,26+,27-,28+/m1/s1. The highest BCUT2D eigenvalue weighted by Gasteiger charge is 2.67. The van der Waals surface area contributed by atoms with Crippen molar-refractivity contribution in [1.82, 2.24) is 0 Å². The number of nitrogens with two attached hydrogens (primary N) is 1. The first kappa shape index (κ1) is 25.1. The van der Waals surface area contributed by atoms with Gasteiger partial charge in [0.2, 0.25) is 0 Å². The van der Waals surface area contributed by atoms with Crippen LogP contribution in [-0.2, 0) is 19.0 Å². The molecule has 0 amide bonds. The van der Waals surface area contributed by atoms with E-state index in [-0.39, 0.29) is 53.2 Å². The summed E-state index contributed by atoms with van der Waals surface area (Å²) in [6.07, 6.45) is 9.80. The number of fused-ring (bicyclic) bond motifs is 5. The fourth-order valence-corrected chi connectivity index (χ4v) is 9.55. The number of methoxy groups -OCH3 is 1. The van der Waals surface area contributed by atoms with Crippen LogP contribution >= 0.6 is 0 Å². The monoisotopic (exact) mass is 477 g/mol. The molecular weight excluding hydrogens is 430 g/mol. The Hall–Kier alpha value is -0.530. The van der Waals surface area contributed by atoms with Gasteiger partial charge in [-0.15, -0.1) is 0 Å². The summed E-state index contributed by atoms with van der Waals surface area (Å²) < 4.78 is 18.2. The second-order valence-electron chi connectivity index (χ2n) is 13.0. The van der Waals surface area contributed by atoms with Gasteiger partial charge < -0.3 is 25.1 Å². The number of hydrogen-bond donors (Lipinski definition) is 2. The number of carbonyl (C=O) groups excluding carboxylic acids is 1. The minimum atomic E-state index is -0.687. The molecule has 0 bridgehead atoms. The van der Waals surface area contributed by atoms with Crippen LogP contribution in [0.4, 0.5) is 0 Å². The summed E-state index contributed by atoms with van der Waals surface area (Å²) in [7, 11) is 1.72. The first-order chi connectivity index (χ1) is 16.0. The second kappa shape index (κ2) is 8.79. The molecule has 0 aromatic rings. The van der Waals surface area contributed by atoms with Crippen molar-refractivity contribution in [3.8, 4) is 0 Å². The van der Waals surface area contributed by atoms with Crippen molar-refractivity contribution >= 4 is 5.78 Å².